The lowest BCUT2D eigenvalue weighted by Crippen LogP contribution is -2.23. The summed E-state index contributed by atoms with van der Waals surface area (Å²) < 4.78 is 38.3. The van der Waals surface area contributed by atoms with E-state index in [-0.39, 0.29) is 11.8 Å². The lowest BCUT2D eigenvalue weighted by molar-refractivity contribution is -0.141. The number of aromatic nitrogens is 2. The molecule has 0 aromatic carbocycles. The van der Waals surface area contributed by atoms with Crippen LogP contribution in [0.5, 0.6) is 0 Å². The first-order valence-electron chi connectivity index (χ1n) is 7.02. The quantitative estimate of drug-likeness (QED) is 0.874. The number of nitrogens with zero attached hydrogens (tertiary/aromatic N) is 3. The van der Waals surface area contributed by atoms with E-state index in [0.29, 0.717) is 12.5 Å². The largest absolute Gasteiger partial charge is 0.433 e. The molecule has 0 bridgehead atoms. The Morgan fingerprint density at radius 2 is 2.14 bits per heavy atom. The van der Waals surface area contributed by atoms with E-state index in [9.17, 15) is 13.2 Å². The van der Waals surface area contributed by atoms with Gasteiger partial charge in [0.2, 0.25) is 5.95 Å². The first-order chi connectivity index (χ1) is 9.92. The van der Waals surface area contributed by atoms with Crippen LogP contribution in [0.2, 0.25) is 0 Å². The van der Waals surface area contributed by atoms with Gasteiger partial charge in [0.05, 0.1) is 0 Å². The summed E-state index contributed by atoms with van der Waals surface area (Å²) in [5.41, 5.74) is -0.939. The van der Waals surface area contributed by atoms with Crippen LogP contribution >= 0.6 is 0 Å². The van der Waals surface area contributed by atoms with Gasteiger partial charge in [0.25, 0.3) is 0 Å². The van der Waals surface area contributed by atoms with Crippen molar-refractivity contribution in [2.75, 3.05) is 43.9 Å². The Morgan fingerprint density at radius 3 is 2.71 bits per heavy atom. The number of rotatable bonds is 5. The Kier molecular flexibility index (Phi) is 4.87. The van der Waals surface area contributed by atoms with E-state index in [1.165, 1.54) is 7.05 Å². The number of hydrogen-bond acceptors (Lipinski definition) is 5. The molecule has 21 heavy (non-hydrogen) atoms. The van der Waals surface area contributed by atoms with Gasteiger partial charge in [-0.05, 0) is 25.4 Å². The first kappa shape index (κ1) is 15.8. The Bertz CT molecular complexity index is 477. The second kappa shape index (κ2) is 6.46. The molecule has 1 aromatic heterocycles. The molecule has 2 heterocycles. The predicted molar refractivity (Wildman–Crippen MR) is 75.3 cm³/mol. The number of likely N-dealkylation sites (tertiary alicyclic amines) is 1. The topological polar surface area (TPSA) is 53.1 Å². The maximum absolute atomic E-state index is 12.8. The first-order valence-corrected chi connectivity index (χ1v) is 7.02. The minimum atomic E-state index is -4.47. The van der Waals surface area contributed by atoms with E-state index >= 15 is 0 Å². The Hall–Kier alpha value is -1.57. The molecule has 118 valence electrons. The zero-order chi connectivity index (χ0) is 15.5. The van der Waals surface area contributed by atoms with Crippen molar-refractivity contribution in [3.63, 3.8) is 0 Å². The smallest absolute Gasteiger partial charge is 0.370 e. The van der Waals surface area contributed by atoms with Gasteiger partial charge < -0.3 is 15.5 Å². The van der Waals surface area contributed by atoms with Gasteiger partial charge in [-0.3, -0.25) is 0 Å². The van der Waals surface area contributed by atoms with Gasteiger partial charge in [-0.25, -0.2) is 4.98 Å². The summed E-state index contributed by atoms with van der Waals surface area (Å²) in [6, 6.07) is 0.952. The van der Waals surface area contributed by atoms with Gasteiger partial charge in [0.1, 0.15) is 5.82 Å². The highest BCUT2D eigenvalue weighted by Gasteiger charge is 2.33. The maximum Gasteiger partial charge on any atom is 0.433 e. The molecule has 2 rings (SSSR count). The zero-order valence-electron chi connectivity index (χ0n) is 12.2. The van der Waals surface area contributed by atoms with Crippen molar-refractivity contribution in [1.29, 1.82) is 0 Å². The molecular formula is C13H20F3N5. The number of nitrogens with one attached hydrogen (secondary N) is 2. The lowest BCUT2D eigenvalue weighted by Gasteiger charge is -2.15. The van der Waals surface area contributed by atoms with Crippen LogP contribution in [0, 0.1) is 5.92 Å². The third-order valence-corrected chi connectivity index (χ3v) is 3.63. The van der Waals surface area contributed by atoms with Crippen molar-refractivity contribution in [3.8, 4) is 0 Å². The van der Waals surface area contributed by atoms with Crippen LogP contribution in [-0.2, 0) is 6.18 Å². The molecule has 0 radical (unpaired) electrons. The fraction of sp³-hybridized carbons (Fsp3) is 0.692. The summed E-state index contributed by atoms with van der Waals surface area (Å²) in [6.07, 6.45) is -3.42. The fourth-order valence-electron chi connectivity index (χ4n) is 2.41. The van der Waals surface area contributed by atoms with Gasteiger partial charge in [0, 0.05) is 26.2 Å². The van der Waals surface area contributed by atoms with E-state index < -0.39 is 11.9 Å². The van der Waals surface area contributed by atoms with Crippen molar-refractivity contribution < 1.29 is 13.2 Å². The van der Waals surface area contributed by atoms with Crippen molar-refractivity contribution >= 4 is 11.8 Å². The molecule has 1 aliphatic rings. The van der Waals surface area contributed by atoms with Crippen molar-refractivity contribution in [2.45, 2.75) is 19.5 Å². The maximum atomic E-state index is 12.8. The third-order valence-electron chi connectivity index (χ3n) is 3.63. The van der Waals surface area contributed by atoms with Crippen LogP contribution in [0.25, 0.3) is 0 Å². The van der Waals surface area contributed by atoms with Crippen LogP contribution in [0.4, 0.5) is 24.9 Å². The molecule has 1 fully saturated rings. The van der Waals surface area contributed by atoms with Crippen LogP contribution in [-0.4, -0.2) is 48.1 Å². The van der Waals surface area contributed by atoms with Gasteiger partial charge in [0.15, 0.2) is 5.69 Å². The summed E-state index contributed by atoms with van der Waals surface area (Å²) in [5, 5.41) is 5.55. The average Bonchev–Trinajstić information content (AvgIpc) is 2.92. The number of hydrogen-bond donors (Lipinski definition) is 2. The summed E-state index contributed by atoms with van der Waals surface area (Å²) in [4.78, 5) is 9.78. The van der Waals surface area contributed by atoms with Crippen molar-refractivity contribution in [1.82, 2.24) is 14.9 Å². The Morgan fingerprint density at radius 1 is 1.38 bits per heavy atom. The van der Waals surface area contributed by atoms with Gasteiger partial charge in [-0.1, -0.05) is 6.92 Å². The van der Waals surface area contributed by atoms with E-state index in [0.717, 1.165) is 32.1 Å². The number of anilines is 2. The van der Waals surface area contributed by atoms with E-state index in [1.54, 1.807) is 0 Å². The van der Waals surface area contributed by atoms with E-state index in [1.807, 2.05) is 0 Å². The van der Waals surface area contributed by atoms with Crippen LogP contribution in [0.15, 0.2) is 6.07 Å². The Labute approximate surface area is 122 Å². The molecule has 8 heteroatoms. The highest BCUT2D eigenvalue weighted by atomic mass is 19.4. The average molecular weight is 303 g/mol. The molecule has 1 saturated heterocycles. The fourth-order valence-corrected chi connectivity index (χ4v) is 2.41. The molecule has 0 amide bonds. The minimum Gasteiger partial charge on any atom is -0.370 e. The van der Waals surface area contributed by atoms with E-state index in [2.05, 4.69) is 32.4 Å². The molecule has 0 spiro atoms. The van der Waals surface area contributed by atoms with Crippen LogP contribution < -0.4 is 10.6 Å². The molecular weight excluding hydrogens is 283 g/mol. The van der Waals surface area contributed by atoms with Gasteiger partial charge in [-0.2, -0.15) is 18.2 Å². The molecule has 1 atom stereocenters. The summed E-state index contributed by atoms with van der Waals surface area (Å²) >= 11 is 0. The molecule has 1 aromatic rings. The number of alkyl halides is 3. The molecule has 5 nitrogen and oxygen atoms in total. The molecule has 1 unspecified atom stereocenters. The van der Waals surface area contributed by atoms with Crippen molar-refractivity contribution in [3.05, 3.63) is 11.8 Å². The minimum absolute atomic E-state index is 0.0334. The van der Waals surface area contributed by atoms with Gasteiger partial charge in [-0.15, -0.1) is 0 Å². The zero-order valence-corrected chi connectivity index (χ0v) is 12.2. The Balaban J connectivity index is 2.02. The third kappa shape index (κ3) is 4.20. The standard InChI is InChI=1S/C13H20F3N5/c1-3-21-5-4-9(8-21)7-18-11-6-10(13(14,15)16)19-12(17-2)20-11/h6,9H,3-5,7-8H2,1-2H3,(H2,17,18,19,20). The molecule has 0 saturated carbocycles. The molecule has 0 aliphatic carbocycles. The van der Waals surface area contributed by atoms with Crippen LogP contribution in [0.3, 0.4) is 0 Å². The summed E-state index contributed by atoms with van der Waals surface area (Å²) in [7, 11) is 1.50. The predicted octanol–water partition coefficient (Wildman–Crippen LogP) is 2.29. The highest BCUT2D eigenvalue weighted by molar-refractivity contribution is 5.42. The second-order valence-electron chi connectivity index (χ2n) is 5.14. The molecule has 2 N–H and O–H groups in total. The summed E-state index contributed by atoms with van der Waals surface area (Å²) in [5.74, 6) is 0.609. The lowest BCUT2D eigenvalue weighted by atomic mass is 10.1. The van der Waals surface area contributed by atoms with Crippen molar-refractivity contribution in [2.24, 2.45) is 5.92 Å². The number of halogens is 3. The second-order valence-corrected chi connectivity index (χ2v) is 5.14. The molecule has 1 aliphatic heterocycles. The van der Waals surface area contributed by atoms with Gasteiger partial charge >= 0.3 is 6.18 Å². The summed E-state index contributed by atoms with van der Waals surface area (Å²) in [6.45, 7) is 5.75. The monoisotopic (exact) mass is 303 g/mol. The normalized spacial score (nSPS) is 19.8. The SMILES string of the molecule is CCN1CCC(CNc2cc(C(F)(F)F)nc(NC)n2)C1. The van der Waals surface area contributed by atoms with Crippen LogP contribution in [0.1, 0.15) is 19.0 Å². The van der Waals surface area contributed by atoms with E-state index in [4.69, 9.17) is 0 Å². The highest BCUT2D eigenvalue weighted by Crippen LogP contribution is 2.29.